The van der Waals surface area contributed by atoms with Gasteiger partial charge in [-0.15, -0.1) is 13.2 Å². The average Bonchev–Trinajstić information content (AvgIpc) is 3.33. The van der Waals surface area contributed by atoms with Crippen LogP contribution in [0.5, 0.6) is 0 Å². The van der Waals surface area contributed by atoms with Crippen molar-refractivity contribution < 1.29 is 27.5 Å². The van der Waals surface area contributed by atoms with Gasteiger partial charge in [0.1, 0.15) is 6.04 Å². The van der Waals surface area contributed by atoms with Gasteiger partial charge in [0.2, 0.25) is 5.91 Å². The molecule has 2 heterocycles. The van der Waals surface area contributed by atoms with E-state index < -0.39 is 29.8 Å². The summed E-state index contributed by atoms with van der Waals surface area (Å²) in [5.74, 6) is -0.838. The lowest BCUT2D eigenvalue weighted by Crippen LogP contribution is -2.52. The number of alkyl halides is 4. The van der Waals surface area contributed by atoms with Crippen molar-refractivity contribution in [2.45, 2.75) is 43.1 Å². The summed E-state index contributed by atoms with van der Waals surface area (Å²) in [6, 6.07) is 7.57. The molecule has 1 aromatic heterocycles. The second kappa shape index (κ2) is 9.63. The standard InChI is InChI=1S/C23H22ClF3N4O3/c24-22(34-23(25,26)27)12-17(9-10-18(22)15-6-2-1-3-7-15)30-20(32)19-8-4-5-11-31(19)21(33)16-13-28-29-14-16/h1-3,6-7,9-10,13-14,19H,4-5,8,11-12H2,(H,28,29)(H,30,32). The van der Waals surface area contributed by atoms with Gasteiger partial charge in [-0.05, 0) is 30.9 Å². The van der Waals surface area contributed by atoms with E-state index in [0.29, 0.717) is 24.1 Å². The topological polar surface area (TPSA) is 87.3 Å². The predicted molar refractivity (Wildman–Crippen MR) is 118 cm³/mol. The number of aromatic amines is 1. The van der Waals surface area contributed by atoms with Crippen molar-refractivity contribution in [3.05, 3.63) is 71.7 Å². The van der Waals surface area contributed by atoms with E-state index in [1.807, 2.05) is 0 Å². The van der Waals surface area contributed by atoms with Crippen LogP contribution in [0, 0.1) is 0 Å². The monoisotopic (exact) mass is 494 g/mol. The molecule has 2 N–H and O–H groups in total. The Bertz CT molecular complexity index is 1100. The molecule has 11 heteroatoms. The van der Waals surface area contributed by atoms with Gasteiger partial charge in [0.05, 0.1) is 11.8 Å². The zero-order valence-corrected chi connectivity index (χ0v) is 18.7. The molecule has 1 aliphatic heterocycles. The summed E-state index contributed by atoms with van der Waals surface area (Å²) in [7, 11) is 0. The molecular formula is C23H22ClF3N4O3. The molecule has 1 aliphatic carbocycles. The summed E-state index contributed by atoms with van der Waals surface area (Å²) in [5.41, 5.74) is 1.07. The van der Waals surface area contributed by atoms with Gasteiger partial charge in [0.15, 0.2) is 5.06 Å². The highest BCUT2D eigenvalue weighted by atomic mass is 35.5. The molecule has 2 aromatic rings. The van der Waals surface area contributed by atoms with E-state index in [9.17, 15) is 22.8 Å². The molecule has 1 aromatic carbocycles. The van der Waals surface area contributed by atoms with E-state index in [2.05, 4.69) is 20.3 Å². The summed E-state index contributed by atoms with van der Waals surface area (Å²) < 4.78 is 44.0. The maximum absolute atomic E-state index is 13.2. The first-order valence-electron chi connectivity index (χ1n) is 10.7. The van der Waals surface area contributed by atoms with Crippen molar-refractivity contribution in [1.29, 1.82) is 0 Å². The van der Waals surface area contributed by atoms with Crippen LogP contribution in [0.2, 0.25) is 0 Å². The Hall–Kier alpha value is -3.11. The van der Waals surface area contributed by atoms with Crippen LogP contribution in [0.1, 0.15) is 41.6 Å². The van der Waals surface area contributed by atoms with E-state index >= 15 is 0 Å². The Labute approximate surface area is 198 Å². The minimum atomic E-state index is -5.00. The summed E-state index contributed by atoms with van der Waals surface area (Å²) in [6.07, 6.45) is 2.21. The zero-order chi connectivity index (χ0) is 24.3. The molecule has 2 amide bonds. The van der Waals surface area contributed by atoms with Crippen LogP contribution in [0.3, 0.4) is 0 Å². The lowest BCUT2D eigenvalue weighted by atomic mass is 9.92. The molecule has 4 rings (SSSR count). The number of piperidine rings is 1. The van der Waals surface area contributed by atoms with Crippen LogP contribution in [0.4, 0.5) is 13.2 Å². The summed E-state index contributed by atoms with van der Waals surface area (Å²) in [5, 5.41) is 6.73. The van der Waals surface area contributed by atoms with Crippen molar-refractivity contribution >= 4 is 29.0 Å². The molecule has 34 heavy (non-hydrogen) atoms. The first-order valence-corrected chi connectivity index (χ1v) is 11.1. The van der Waals surface area contributed by atoms with E-state index in [1.54, 1.807) is 30.3 Å². The number of likely N-dealkylation sites (tertiary alicyclic amines) is 1. The molecule has 0 spiro atoms. The van der Waals surface area contributed by atoms with Gasteiger partial charge in [0, 0.05) is 30.4 Å². The van der Waals surface area contributed by atoms with E-state index in [1.165, 1.54) is 29.4 Å². The molecule has 1 fully saturated rings. The molecular weight excluding hydrogens is 473 g/mol. The number of ether oxygens (including phenoxy) is 1. The number of allylic oxidation sites excluding steroid dienone is 2. The third-order valence-electron chi connectivity index (χ3n) is 5.73. The maximum Gasteiger partial charge on any atom is 0.524 e. The number of H-pyrrole nitrogens is 1. The van der Waals surface area contributed by atoms with Crippen LogP contribution < -0.4 is 5.32 Å². The predicted octanol–water partition coefficient (Wildman–Crippen LogP) is 4.36. The molecule has 2 atom stereocenters. The quantitative estimate of drug-likeness (QED) is 0.604. The second-order valence-corrected chi connectivity index (χ2v) is 8.69. The number of benzene rings is 1. The summed E-state index contributed by atoms with van der Waals surface area (Å²) >= 11 is 6.39. The van der Waals surface area contributed by atoms with Gasteiger partial charge < -0.3 is 10.2 Å². The van der Waals surface area contributed by atoms with Crippen molar-refractivity contribution in [2.24, 2.45) is 0 Å². The molecule has 180 valence electrons. The van der Waals surface area contributed by atoms with Gasteiger partial charge in [-0.25, -0.2) is 0 Å². The lowest BCUT2D eigenvalue weighted by molar-refractivity contribution is -0.342. The SMILES string of the molecule is O=C(NC1=CC=C(c2ccccc2)C(Cl)(OC(F)(F)F)C1)C1CCCCN1C(=O)c1cn[nH]c1. The van der Waals surface area contributed by atoms with Crippen molar-refractivity contribution in [1.82, 2.24) is 20.4 Å². The number of carbonyl (C=O) groups excluding carboxylic acids is 2. The Morgan fingerprint density at radius 1 is 1.21 bits per heavy atom. The number of aromatic nitrogens is 2. The van der Waals surface area contributed by atoms with Crippen LogP contribution in [-0.2, 0) is 9.53 Å². The Kier molecular flexibility index (Phi) is 6.81. The first-order chi connectivity index (χ1) is 16.2. The van der Waals surface area contributed by atoms with Gasteiger partial charge in [0.25, 0.3) is 5.91 Å². The minimum absolute atomic E-state index is 0.125. The third-order valence-corrected chi connectivity index (χ3v) is 6.14. The van der Waals surface area contributed by atoms with Crippen molar-refractivity contribution in [2.75, 3.05) is 6.54 Å². The largest absolute Gasteiger partial charge is 0.524 e. The average molecular weight is 495 g/mol. The molecule has 1 saturated heterocycles. The number of carbonyl (C=O) groups is 2. The van der Waals surface area contributed by atoms with E-state index in [-0.39, 0.29) is 17.2 Å². The minimum Gasteiger partial charge on any atom is -0.328 e. The molecule has 0 radical (unpaired) electrons. The van der Waals surface area contributed by atoms with Gasteiger partial charge >= 0.3 is 6.36 Å². The van der Waals surface area contributed by atoms with Gasteiger partial charge in [-0.2, -0.15) is 5.10 Å². The lowest BCUT2D eigenvalue weighted by Gasteiger charge is -2.36. The van der Waals surface area contributed by atoms with Crippen molar-refractivity contribution in [3.63, 3.8) is 0 Å². The number of nitrogens with one attached hydrogen (secondary N) is 2. The van der Waals surface area contributed by atoms with E-state index in [0.717, 1.165) is 12.8 Å². The Morgan fingerprint density at radius 2 is 1.97 bits per heavy atom. The fraction of sp³-hybridized carbons (Fsp3) is 0.348. The normalized spacial score (nSPS) is 23.2. The molecule has 2 unspecified atom stereocenters. The molecule has 0 bridgehead atoms. The number of amides is 2. The smallest absolute Gasteiger partial charge is 0.328 e. The first kappa shape index (κ1) is 24.0. The highest BCUT2D eigenvalue weighted by molar-refractivity contribution is 6.29. The highest BCUT2D eigenvalue weighted by Crippen LogP contribution is 2.45. The van der Waals surface area contributed by atoms with Crippen LogP contribution in [0.25, 0.3) is 5.57 Å². The number of halogens is 4. The van der Waals surface area contributed by atoms with Crippen LogP contribution in [-0.4, -0.2) is 50.9 Å². The number of rotatable bonds is 5. The Balaban J connectivity index is 1.56. The molecule has 0 saturated carbocycles. The number of hydrogen-bond acceptors (Lipinski definition) is 4. The Morgan fingerprint density at radius 3 is 2.65 bits per heavy atom. The fourth-order valence-electron chi connectivity index (χ4n) is 4.22. The van der Waals surface area contributed by atoms with Crippen LogP contribution in [0.15, 0.2) is 60.6 Å². The molecule has 2 aliphatic rings. The van der Waals surface area contributed by atoms with Gasteiger partial charge in [-0.3, -0.25) is 19.4 Å². The number of nitrogens with zero attached hydrogens (tertiary/aromatic N) is 2. The summed E-state index contributed by atoms with van der Waals surface area (Å²) in [4.78, 5) is 27.4. The molecule has 7 nitrogen and oxygen atoms in total. The van der Waals surface area contributed by atoms with E-state index in [4.69, 9.17) is 11.6 Å². The van der Waals surface area contributed by atoms with Gasteiger partial charge in [-0.1, -0.05) is 48.0 Å². The summed E-state index contributed by atoms with van der Waals surface area (Å²) in [6.45, 7) is 0.385. The highest BCUT2D eigenvalue weighted by Gasteiger charge is 2.47. The second-order valence-electron chi connectivity index (χ2n) is 8.08. The van der Waals surface area contributed by atoms with Crippen molar-refractivity contribution in [3.8, 4) is 0 Å². The fourth-order valence-corrected chi connectivity index (χ4v) is 4.62. The maximum atomic E-state index is 13.2. The number of hydrogen-bond donors (Lipinski definition) is 2. The third kappa shape index (κ3) is 5.34. The zero-order valence-electron chi connectivity index (χ0n) is 17.9. The van der Waals surface area contributed by atoms with Crippen LogP contribution >= 0.6 is 11.6 Å².